The van der Waals surface area contributed by atoms with Crippen LogP contribution in [0.1, 0.15) is 26.2 Å². The monoisotopic (exact) mass is 173 g/mol. The molecule has 0 radical (unpaired) electrons. The summed E-state index contributed by atoms with van der Waals surface area (Å²) in [6, 6.07) is 6.10. The third-order valence-electron chi connectivity index (χ3n) is 1.55. The van der Waals surface area contributed by atoms with Crippen molar-refractivity contribution in [2.75, 3.05) is 0 Å². The first kappa shape index (κ1) is 11.2. The van der Waals surface area contributed by atoms with Crippen molar-refractivity contribution in [2.45, 2.75) is 26.2 Å². The average molecular weight is 173 g/mol. The molecule has 0 aromatic rings. The number of hydrogen-bond donors (Lipinski definition) is 0. The summed E-state index contributed by atoms with van der Waals surface area (Å²) in [6.07, 6.45) is 3.08. The number of allylic oxidation sites excluding steroid dienone is 2. The zero-order chi connectivity index (χ0) is 10.1. The van der Waals surface area contributed by atoms with Crippen molar-refractivity contribution in [1.29, 1.82) is 15.8 Å². The fraction of sp³-hybridized carbons (Fsp3) is 0.500. The van der Waals surface area contributed by atoms with Gasteiger partial charge in [-0.05, 0) is 13.3 Å². The van der Waals surface area contributed by atoms with E-state index in [-0.39, 0.29) is 5.92 Å². The number of nitrogens with zero attached hydrogens (tertiary/aromatic N) is 3. The average Bonchev–Trinajstić information content (AvgIpc) is 2.14. The number of rotatable bonds is 4. The summed E-state index contributed by atoms with van der Waals surface area (Å²) < 4.78 is 0. The topological polar surface area (TPSA) is 71.4 Å². The molecule has 0 rings (SSSR count). The highest BCUT2D eigenvalue weighted by Gasteiger charge is 2.00. The Balaban J connectivity index is 4.27. The van der Waals surface area contributed by atoms with Crippen LogP contribution in [0, 0.1) is 39.9 Å². The van der Waals surface area contributed by atoms with Crippen LogP contribution >= 0.6 is 0 Å². The molecule has 0 bridgehead atoms. The van der Waals surface area contributed by atoms with Gasteiger partial charge < -0.3 is 0 Å². The van der Waals surface area contributed by atoms with Crippen LogP contribution in [0.3, 0.4) is 0 Å². The van der Waals surface area contributed by atoms with E-state index in [4.69, 9.17) is 15.8 Å². The highest BCUT2D eigenvalue weighted by atomic mass is 14.3. The highest BCUT2D eigenvalue weighted by molar-refractivity contribution is 5.13. The lowest BCUT2D eigenvalue weighted by atomic mass is 10.0. The third-order valence-corrected chi connectivity index (χ3v) is 1.55. The molecule has 3 heteroatoms. The molecule has 0 aliphatic heterocycles. The Kier molecular flexibility index (Phi) is 5.94. The summed E-state index contributed by atoms with van der Waals surface area (Å²) >= 11 is 0. The number of nitriles is 3. The minimum absolute atomic E-state index is 0.179. The normalized spacial score (nSPS) is 12.3. The van der Waals surface area contributed by atoms with Crippen LogP contribution in [-0.4, -0.2) is 0 Å². The molecule has 1 unspecified atom stereocenters. The summed E-state index contributed by atoms with van der Waals surface area (Å²) in [5, 5.41) is 25.3. The van der Waals surface area contributed by atoms with Crippen molar-refractivity contribution < 1.29 is 0 Å². The van der Waals surface area contributed by atoms with Gasteiger partial charge in [-0.1, -0.05) is 11.6 Å². The van der Waals surface area contributed by atoms with E-state index in [1.165, 1.54) is 0 Å². The van der Waals surface area contributed by atoms with E-state index >= 15 is 0 Å². The van der Waals surface area contributed by atoms with Crippen molar-refractivity contribution in [2.24, 2.45) is 5.92 Å². The molecule has 0 saturated carbocycles. The van der Waals surface area contributed by atoms with Crippen LogP contribution in [0.15, 0.2) is 11.6 Å². The van der Waals surface area contributed by atoms with Crippen LogP contribution < -0.4 is 0 Å². The van der Waals surface area contributed by atoms with E-state index in [1.807, 2.05) is 12.1 Å². The maximum atomic E-state index is 8.53. The van der Waals surface area contributed by atoms with E-state index in [0.717, 1.165) is 5.57 Å². The van der Waals surface area contributed by atoms with Gasteiger partial charge in [0, 0.05) is 6.42 Å². The van der Waals surface area contributed by atoms with E-state index in [2.05, 4.69) is 6.07 Å². The van der Waals surface area contributed by atoms with E-state index in [1.54, 1.807) is 13.0 Å². The molecule has 0 fully saturated rings. The maximum absolute atomic E-state index is 8.53. The van der Waals surface area contributed by atoms with Gasteiger partial charge >= 0.3 is 0 Å². The summed E-state index contributed by atoms with van der Waals surface area (Å²) in [5.74, 6) is -0.179. The predicted octanol–water partition coefficient (Wildman–Crippen LogP) is 2.29. The molecular weight excluding hydrogens is 162 g/mol. The lowest BCUT2D eigenvalue weighted by Gasteiger charge is -2.00. The van der Waals surface area contributed by atoms with Crippen LogP contribution in [-0.2, 0) is 0 Å². The molecule has 3 nitrogen and oxygen atoms in total. The number of hydrogen-bond acceptors (Lipinski definition) is 3. The zero-order valence-corrected chi connectivity index (χ0v) is 7.62. The van der Waals surface area contributed by atoms with Gasteiger partial charge in [0.1, 0.15) is 0 Å². The Labute approximate surface area is 78.5 Å². The standard InChI is InChI=1S/C10H11N3/c1-9(8-13)7-10(4-6-12)3-2-5-11/h7,9H,2-4H2,1H3/b10-7-. The second-order valence-corrected chi connectivity index (χ2v) is 2.74. The van der Waals surface area contributed by atoms with Gasteiger partial charge in [0.2, 0.25) is 0 Å². The lowest BCUT2D eigenvalue weighted by molar-refractivity contribution is 0.881. The first-order valence-electron chi connectivity index (χ1n) is 4.07. The molecule has 0 aromatic carbocycles. The Morgan fingerprint density at radius 3 is 2.46 bits per heavy atom. The maximum Gasteiger partial charge on any atom is 0.0694 e. The van der Waals surface area contributed by atoms with Crippen molar-refractivity contribution in [1.82, 2.24) is 0 Å². The minimum atomic E-state index is -0.179. The smallest absolute Gasteiger partial charge is 0.0694 e. The van der Waals surface area contributed by atoms with Crippen LogP contribution in [0.2, 0.25) is 0 Å². The summed E-state index contributed by atoms with van der Waals surface area (Å²) in [6.45, 7) is 1.77. The molecule has 1 atom stereocenters. The highest BCUT2D eigenvalue weighted by Crippen LogP contribution is 2.12. The van der Waals surface area contributed by atoms with Crippen molar-refractivity contribution in [3.63, 3.8) is 0 Å². The summed E-state index contributed by atoms with van der Waals surface area (Å²) in [7, 11) is 0. The summed E-state index contributed by atoms with van der Waals surface area (Å²) in [4.78, 5) is 0. The van der Waals surface area contributed by atoms with Gasteiger partial charge in [-0.25, -0.2) is 0 Å². The molecular formula is C10H11N3. The quantitative estimate of drug-likeness (QED) is 0.612. The fourth-order valence-corrected chi connectivity index (χ4v) is 0.939. The van der Waals surface area contributed by atoms with E-state index < -0.39 is 0 Å². The van der Waals surface area contributed by atoms with E-state index in [0.29, 0.717) is 19.3 Å². The Hall–Kier alpha value is -1.79. The zero-order valence-electron chi connectivity index (χ0n) is 7.62. The van der Waals surface area contributed by atoms with Crippen molar-refractivity contribution in [3.8, 4) is 18.2 Å². The summed E-state index contributed by atoms with van der Waals surface area (Å²) in [5.41, 5.74) is 0.887. The van der Waals surface area contributed by atoms with Crippen LogP contribution in [0.25, 0.3) is 0 Å². The van der Waals surface area contributed by atoms with Crippen molar-refractivity contribution in [3.05, 3.63) is 11.6 Å². The third kappa shape index (κ3) is 5.48. The Morgan fingerprint density at radius 1 is 1.31 bits per heavy atom. The molecule has 0 aliphatic carbocycles. The second-order valence-electron chi connectivity index (χ2n) is 2.74. The van der Waals surface area contributed by atoms with E-state index in [9.17, 15) is 0 Å². The molecule has 13 heavy (non-hydrogen) atoms. The molecule has 0 aliphatic rings. The fourth-order valence-electron chi connectivity index (χ4n) is 0.939. The second kappa shape index (κ2) is 6.89. The minimum Gasteiger partial charge on any atom is -0.198 e. The van der Waals surface area contributed by atoms with Crippen LogP contribution in [0.5, 0.6) is 0 Å². The first-order valence-corrected chi connectivity index (χ1v) is 4.07. The Bertz CT molecular complexity index is 296. The molecule has 0 heterocycles. The molecule has 0 amide bonds. The molecule has 0 aromatic heterocycles. The Morgan fingerprint density at radius 2 is 2.00 bits per heavy atom. The van der Waals surface area contributed by atoms with Gasteiger partial charge in [0.25, 0.3) is 0 Å². The largest absolute Gasteiger partial charge is 0.198 e. The van der Waals surface area contributed by atoms with Crippen LogP contribution in [0.4, 0.5) is 0 Å². The van der Waals surface area contributed by atoms with Gasteiger partial charge in [-0.15, -0.1) is 0 Å². The van der Waals surface area contributed by atoms with Gasteiger partial charge in [0.15, 0.2) is 0 Å². The molecule has 66 valence electrons. The SMILES string of the molecule is CC(C#N)/C=C(\CC#N)CCC#N. The van der Waals surface area contributed by atoms with Gasteiger partial charge in [-0.3, -0.25) is 0 Å². The molecule has 0 saturated heterocycles. The van der Waals surface area contributed by atoms with Gasteiger partial charge in [-0.2, -0.15) is 15.8 Å². The molecule has 0 N–H and O–H groups in total. The predicted molar refractivity (Wildman–Crippen MR) is 47.9 cm³/mol. The lowest BCUT2D eigenvalue weighted by Crippen LogP contribution is -1.89. The van der Waals surface area contributed by atoms with Crippen molar-refractivity contribution >= 4 is 0 Å². The van der Waals surface area contributed by atoms with Gasteiger partial charge in [0.05, 0.1) is 30.5 Å². The first-order chi connectivity index (χ1) is 6.24. The molecule has 0 spiro atoms.